The molecule has 0 bridgehead atoms. The molecule has 3 N–H and O–H groups in total. The number of imide groups is 1. The fourth-order valence-corrected chi connectivity index (χ4v) is 3.86. The minimum absolute atomic E-state index is 0.0157. The molecule has 0 saturated carbocycles. The van der Waals surface area contributed by atoms with Gasteiger partial charge in [0, 0.05) is 29.7 Å². The fraction of sp³-hybridized carbons (Fsp3) is 0.529. The molecular weight excluding hydrogens is 312 g/mol. The molecule has 1 aromatic rings. The number of nitrogens with zero attached hydrogens (tertiary/aromatic N) is 1. The van der Waals surface area contributed by atoms with E-state index in [2.05, 4.69) is 5.32 Å². The van der Waals surface area contributed by atoms with Crippen LogP contribution in [0.1, 0.15) is 42.7 Å². The van der Waals surface area contributed by atoms with Crippen LogP contribution >= 0.6 is 0 Å². The van der Waals surface area contributed by atoms with Gasteiger partial charge in [0.1, 0.15) is 12.0 Å². The average Bonchev–Trinajstić information content (AvgIpc) is 3.07. The van der Waals surface area contributed by atoms with E-state index in [4.69, 9.17) is 4.74 Å². The summed E-state index contributed by atoms with van der Waals surface area (Å²) in [6.07, 6.45) is -0.237. The monoisotopic (exact) mass is 332 g/mol. The van der Waals surface area contributed by atoms with Gasteiger partial charge in [-0.05, 0) is 13.3 Å². The molecule has 7 heteroatoms. The van der Waals surface area contributed by atoms with Gasteiger partial charge in [-0.3, -0.25) is 19.8 Å². The van der Waals surface area contributed by atoms with Crippen molar-refractivity contribution in [3.05, 3.63) is 28.8 Å². The van der Waals surface area contributed by atoms with E-state index < -0.39 is 17.7 Å². The quantitative estimate of drug-likeness (QED) is 0.656. The van der Waals surface area contributed by atoms with E-state index in [1.165, 1.54) is 0 Å². The van der Waals surface area contributed by atoms with Gasteiger partial charge < -0.3 is 14.9 Å². The number of aliphatic hydroxyl groups is 2. The first kappa shape index (κ1) is 15.6. The van der Waals surface area contributed by atoms with E-state index in [-0.39, 0.29) is 24.8 Å². The molecule has 3 atom stereocenters. The highest BCUT2D eigenvalue weighted by molar-refractivity contribution is 6.00. The summed E-state index contributed by atoms with van der Waals surface area (Å²) in [7, 11) is 0. The van der Waals surface area contributed by atoms with E-state index >= 15 is 0 Å². The van der Waals surface area contributed by atoms with E-state index in [9.17, 15) is 19.8 Å². The van der Waals surface area contributed by atoms with Crippen LogP contribution in [0.15, 0.2) is 12.1 Å². The maximum atomic E-state index is 12.1. The average molecular weight is 332 g/mol. The first-order valence-corrected chi connectivity index (χ1v) is 8.12. The zero-order valence-electron chi connectivity index (χ0n) is 13.4. The Balaban J connectivity index is 1.67. The Hall–Kier alpha value is -1.96. The van der Waals surface area contributed by atoms with E-state index in [1.807, 2.05) is 19.1 Å². The lowest BCUT2D eigenvalue weighted by Gasteiger charge is -2.31. The van der Waals surface area contributed by atoms with Gasteiger partial charge in [-0.25, -0.2) is 0 Å². The Kier molecular flexibility index (Phi) is 3.42. The molecule has 3 unspecified atom stereocenters. The lowest BCUT2D eigenvalue weighted by Crippen LogP contribution is -2.51. The van der Waals surface area contributed by atoms with Gasteiger partial charge in [0.15, 0.2) is 0 Å². The molecule has 3 heterocycles. The number of hydrogen-bond acceptors (Lipinski definition) is 6. The van der Waals surface area contributed by atoms with Gasteiger partial charge in [0.05, 0.1) is 24.7 Å². The van der Waals surface area contributed by atoms with Gasteiger partial charge in [0.25, 0.3) is 0 Å². The highest BCUT2D eigenvalue weighted by Gasteiger charge is 2.44. The van der Waals surface area contributed by atoms with Crippen LogP contribution in [0.3, 0.4) is 0 Å². The summed E-state index contributed by atoms with van der Waals surface area (Å²) in [5.41, 5.74) is 2.07. The number of carbonyl (C=O) groups excluding carboxylic acids is 2. The van der Waals surface area contributed by atoms with Crippen LogP contribution in [0.4, 0.5) is 0 Å². The third kappa shape index (κ3) is 2.08. The number of nitrogens with one attached hydrogen (secondary N) is 1. The van der Waals surface area contributed by atoms with Gasteiger partial charge >= 0.3 is 0 Å². The molecule has 3 aliphatic rings. The van der Waals surface area contributed by atoms with Crippen LogP contribution in [0.25, 0.3) is 0 Å². The third-order valence-electron chi connectivity index (χ3n) is 5.37. The predicted molar refractivity (Wildman–Crippen MR) is 83.0 cm³/mol. The second kappa shape index (κ2) is 5.27. The van der Waals surface area contributed by atoms with Crippen LogP contribution < -0.4 is 10.1 Å². The van der Waals surface area contributed by atoms with E-state index in [1.54, 1.807) is 4.90 Å². The summed E-state index contributed by atoms with van der Waals surface area (Å²) in [5.74, 6) is 0.0687. The molecule has 4 rings (SSSR count). The van der Waals surface area contributed by atoms with Crippen molar-refractivity contribution >= 4 is 11.8 Å². The van der Waals surface area contributed by atoms with Crippen molar-refractivity contribution in [2.24, 2.45) is 0 Å². The number of benzene rings is 1. The predicted octanol–water partition coefficient (Wildman–Crippen LogP) is -0.0593. The third-order valence-corrected chi connectivity index (χ3v) is 5.37. The number of amides is 2. The molecule has 0 aliphatic carbocycles. The Labute approximate surface area is 139 Å². The summed E-state index contributed by atoms with van der Waals surface area (Å²) in [6, 6.07) is 3.19. The van der Waals surface area contributed by atoms with Crippen molar-refractivity contribution < 1.29 is 24.5 Å². The lowest BCUT2D eigenvalue weighted by atomic mass is 9.84. The minimum Gasteiger partial charge on any atom is -0.492 e. The van der Waals surface area contributed by atoms with E-state index in [0.29, 0.717) is 25.3 Å². The topological polar surface area (TPSA) is 99.1 Å². The number of fused-ring (bicyclic) bond motifs is 3. The van der Waals surface area contributed by atoms with Crippen molar-refractivity contribution in [2.45, 2.75) is 44.0 Å². The van der Waals surface area contributed by atoms with Crippen LogP contribution in [-0.2, 0) is 21.5 Å². The number of rotatable bonds is 2. The largest absolute Gasteiger partial charge is 0.492 e. The standard InChI is InChI=1S/C17H20N2O5/c1-17(7-20)8-24-14-10-6-19(12-4-5-13(21)18-15(12)22)16(23)9(10)2-3-11(14)17/h2-3,12,16,20,23H,4-8H2,1H3,(H,18,21,22). The van der Waals surface area contributed by atoms with E-state index in [0.717, 1.165) is 16.7 Å². The molecule has 24 heavy (non-hydrogen) atoms. The molecule has 0 aromatic heterocycles. The van der Waals surface area contributed by atoms with Crippen LogP contribution in [0.5, 0.6) is 5.75 Å². The molecule has 1 saturated heterocycles. The first-order chi connectivity index (χ1) is 11.4. The van der Waals surface area contributed by atoms with Crippen LogP contribution in [-0.4, -0.2) is 46.2 Å². The van der Waals surface area contributed by atoms with Crippen molar-refractivity contribution in [1.29, 1.82) is 0 Å². The molecule has 2 amide bonds. The van der Waals surface area contributed by atoms with Gasteiger partial charge in [-0.1, -0.05) is 12.1 Å². The molecule has 1 aromatic carbocycles. The maximum Gasteiger partial charge on any atom is 0.244 e. The van der Waals surface area contributed by atoms with Crippen molar-refractivity contribution in [3.8, 4) is 5.75 Å². The summed E-state index contributed by atoms with van der Waals surface area (Å²) in [6.45, 7) is 2.70. The molecule has 0 spiro atoms. The zero-order valence-corrected chi connectivity index (χ0v) is 13.4. The number of hydrogen-bond donors (Lipinski definition) is 3. The molecular formula is C17H20N2O5. The summed E-state index contributed by atoms with van der Waals surface area (Å²) >= 11 is 0. The first-order valence-electron chi connectivity index (χ1n) is 8.12. The molecule has 128 valence electrons. The van der Waals surface area contributed by atoms with Crippen molar-refractivity contribution in [3.63, 3.8) is 0 Å². The minimum atomic E-state index is -0.904. The SMILES string of the molecule is CC1(CO)COc2c1ccc1c2CN(C2CCC(=O)NC2=O)C1O. The number of piperidine rings is 1. The Morgan fingerprint density at radius 3 is 2.92 bits per heavy atom. The molecule has 3 aliphatic heterocycles. The number of ether oxygens (including phenoxy) is 1. The Morgan fingerprint density at radius 2 is 2.21 bits per heavy atom. The highest BCUT2D eigenvalue weighted by atomic mass is 16.5. The van der Waals surface area contributed by atoms with Crippen molar-refractivity contribution in [2.75, 3.05) is 13.2 Å². The fourth-order valence-electron chi connectivity index (χ4n) is 3.86. The Bertz CT molecular complexity index is 734. The number of carbonyl (C=O) groups is 2. The molecule has 0 radical (unpaired) electrons. The van der Waals surface area contributed by atoms with Crippen LogP contribution in [0.2, 0.25) is 0 Å². The maximum absolute atomic E-state index is 12.1. The van der Waals surface area contributed by atoms with Gasteiger partial charge in [-0.2, -0.15) is 0 Å². The lowest BCUT2D eigenvalue weighted by molar-refractivity contribution is -0.141. The van der Waals surface area contributed by atoms with Crippen LogP contribution in [0, 0.1) is 0 Å². The highest BCUT2D eigenvalue weighted by Crippen LogP contribution is 2.47. The Morgan fingerprint density at radius 1 is 1.42 bits per heavy atom. The number of aliphatic hydroxyl groups excluding tert-OH is 2. The van der Waals surface area contributed by atoms with Gasteiger partial charge in [-0.15, -0.1) is 0 Å². The summed E-state index contributed by atoms with van der Waals surface area (Å²) in [4.78, 5) is 25.2. The second-order valence-electron chi connectivity index (χ2n) is 7.03. The second-order valence-corrected chi connectivity index (χ2v) is 7.03. The normalized spacial score (nSPS) is 32.3. The zero-order chi connectivity index (χ0) is 17.1. The van der Waals surface area contributed by atoms with Crippen molar-refractivity contribution in [1.82, 2.24) is 10.2 Å². The molecule has 7 nitrogen and oxygen atoms in total. The smallest absolute Gasteiger partial charge is 0.244 e. The summed E-state index contributed by atoms with van der Waals surface area (Å²) in [5, 5.41) is 22.6. The molecule has 1 fully saturated rings. The van der Waals surface area contributed by atoms with Gasteiger partial charge in [0.2, 0.25) is 11.8 Å². The summed E-state index contributed by atoms with van der Waals surface area (Å²) < 4.78 is 5.82.